The lowest BCUT2D eigenvalue weighted by Gasteiger charge is -2.44. The number of halogens is 2. The maximum absolute atomic E-state index is 13.1. The highest BCUT2D eigenvalue weighted by molar-refractivity contribution is 5.36. The SMILES string of the molecule is Cc1cc(C2(N)CC(F)(F)C2)c(C)n1CC(C)C. The lowest BCUT2D eigenvalue weighted by atomic mass is 9.70. The molecule has 2 rings (SSSR count). The van der Waals surface area contributed by atoms with Crippen molar-refractivity contribution in [2.75, 3.05) is 0 Å². The molecule has 0 aromatic carbocycles. The average molecular weight is 256 g/mol. The average Bonchev–Trinajstić information content (AvgIpc) is 2.42. The molecule has 102 valence electrons. The fourth-order valence-electron chi connectivity index (χ4n) is 3.01. The maximum Gasteiger partial charge on any atom is 0.252 e. The van der Waals surface area contributed by atoms with Crippen LogP contribution in [0.5, 0.6) is 0 Å². The number of rotatable bonds is 3. The Morgan fingerprint density at radius 1 is 1.33 bits per heavy atom. The van der Waals surface area contributed by atoms with Crippen LogP contribution < -0.4 is 5.73 Å². The second-order valence-corrected chi connectivity index (χ2v) is 6.15. The second-order valence-electron chi connectivity index (χ2n) is 6.15. The molecule has 1 aromatic rings. The summed E-state index contributed by atoms with van der Waals surface area (Å²) in [5.74, 6) is -2.06. The third kappa shape index (κ3) is 2.18. The number of aryl methyl sites for hydroxylation is 1. The van der Waals surface area contributed by atoms with Gasteiger partial charge in [-0.2, -0.15) is 0 Å². The van der Waals surface area contributed by atoms with Gasteiger partial charge in [-0.3, -0.25) is 0 Å². The van der Waals surface area contributed by atoms with Gasteiger partial charge in [-0.25, -0.2) is 8.78 Å². The van der Waals surface area contributed by atoms with Crippen LogP contribution in [0.2, 0.25) is 0 Å². The Balaban J connectivity index is 2.31. The largest absolute Gasteiger partial charge is 0.349 e. The summed E-state index contributed by atoms with van der Waals surface area (Å²) in [5.41, 5.74) is 8.33. The van der Waals surface area contributed by atoms with E-state index < -0.39 is 11.5 Å². The van der Waals surface area contributed by atoms with E-state index in [9.17, 15) is 8.78 Å². The molecule has 1 heterocycles. The Labute approximate surface area is 107 Å². The molecule has 18 heavy (non-hydrogen) atoms. The minimum atomic E-state index is -2.59. The van der Waals surface area contributed by atoms with Crippen molar-refractivity contribution in [2.45, 2.75) is 58.5 Å². The highest BCUT2D eigenvalue weighted by Crippen LogP contribution is 2.51. The van der Waals surface area contributed by atoms with Crippen LogP contribution in [0.3, 0.4) is 0 Å². The summed E-state index contributed by atoms with van der Waals surface area (Å²) in [6.07, 6.45) is -0.460. The lowest BCUT2D eigenvalue weighted by Crippen LogP contribution is -2.55. The van der Waals surface area contributed by atoms with E-state index in [1.807, 2.05) is 19.9 Å². The van der Waals surface area contributed by atoms with E-state index in [0.29, 0.717) is 5.92 Å². The standard InChI is InChI=1S/C14H22F2N2/c1-9(2)6-18-10(3)5-12(11(18)4)13(17)7-14(15,16)8-13/h5,9H,6-8,17H2,1-4H3. The Kier molecular flexibility index (Phi) is 3.05. The summed E-state index contributed by atoms with van der Waals surface area (Å²) in [5, 5.41) is 0. The molecule has 0 aliphatic heterocycles. The van der Waals surface area contributed by atoms with Crippen molar-refractivity contribution in [1.29, 1.82) is 0 Å². The molecule has 0 spiro atoms. The van der Waals surface area contributed by atoms with Crippen LogP contribution in [-0.4, -0.2) is 10.5 Å². The molecule has 2 nitrogen and oxygen atoms in total. The zero-order chi connectivity index (χ0) is 13.7. The first-order valence-electron chi connectivity index (χ1n) is 6.48. The van der Waals surface area contributed by atoms with Crippen LogP contribution in [0, 0.1) is 19.8 Å². The van der Waals surface area contributed by atoms with Gasteiger partial charge in [0.15, 0.2) is 0 Å². The minimum Gasteiger partial charge on any atom is -0.349 e. The maximum atomic E-state index is 13.1. The molecule has 0 radical (unpaired) electrons. The van der Waals surface area contributed by atoms with Gasteiger partial charge in [-0.15, -0.1) is 0 Å². The van der Waals surface area contributed by atoms with Crippen molar-refractivity contribution >= 4 is 0 Å². The first kappa shape index (κ1) is 13.5. The van der Waals surface area contributed by atoms with Crippen LogP contribution in [0.15, 0.2) is 6.07 Å². The van der Waals surface area contributed by atoms with Gasteiger partial charge in [0.2, 0.25) is 0 Å². The molecule has 0 bridgehead atoms. The molecule has 1 fully saturated rings. The van der Waals surface area contributed by atoms with E-state index in [0.717, 1.165) is 23.5 Å². The summed E-state index contributed by atoms with van der Waals surface area (Å²) in [6, 6.07) is 1.98. The number of aromatic nitrogens is 1. The molecule has 0 amide bonds. The minimum absolute atomic E-state index is 0.230. The molecule has 0 saturated heterocycles. The van der Waals surface area contributed by atoms with Crippen molar-refractivity contribution in [3.63, 3.8) is 0 Å². The summed E-state index contributed by atoms with van der Waals surface area (Å²) in [6.45, 7) is 9.20. The van der Waals surface area contributed by atoms with Gasteiger partial charge in [0, 0.05) is 30.8 Å². The molecule has 1 aliphatic carbocycles. The summed E-state index contributed by atoms with van der Waals surface area (Å²) in [4.78, 5) is 0. The number of nitrogens with two attached hydrogens (primary N) is 1. The van der Waals surface area contributed by atoms with Gasteiger partial charge in [0.05, 0.1) is 5.54 Å². The van der Waals surface area contributed by atoms with Gasteiger partial charge in [0.1, 0.15) is 0 Å². The Bertz CT molecular complexity index is 453. The molecule has 1 saturated carbocycles. The molecular weight excluding hydrogens is 234 g/mol. The molecule has 2 N–H and O–H groups in total. The fourth-order valence-corrected chi connectivity index (χ4v) is 3.01. The van der Waals surface area contributed by atoms with Gasteiger partial charge in [-0.05, 0) is 31.4 Å². The predicted molar refractivity (Wildman–Crippen MR) is 68.8 cm³/mol. The van der Waals surface area contributed by atoms with Crippen molar-refractivity contribution in [3.05, 3.63) is 23.0 Å². The van der Waals surface area contributed by atoms with Crippen molar-refractivity contribution in [1.82, 2.24) is 4.57 Å². The first-order valence-corrected chi connectivity index (χ1v) is 6.48. The van der Waals surface area contributed by atoms with E-state index in [1.54, 1.807) is 0 Å². The monoisotopic (exact) mass is 256 g/mol. The molecular formula is C14H22F2N2. The topological polar surface area (TPSA) is 30.9 Å². The number of hydrogen-bond acceptors (Lipinski definition) is 1. The second kappa shape index (κ2) is 4.05. The third-order valence-corrected chi connectivity index (χ3v) is 3.81. The number of nitrogens with zero attached hydrogens (tertiary/aromatic N) is 1. The lowest BCUT2D eigenvalue weighted by molar-refractivity contribution is -0.125. The molecule has 0 atom stereocenters. The van der Waals surface area contributed by atoms with Gasteiger partial charge in [0.25, 0.3) is 5.92 Å². The quantitative estimate of drug-likeness (QED) is 0.883. The van der Waals surface area contributed by atoms with Crippen molar-refractivity contribution in [3.8, 4) is 0 Å². The van der Waals surface area contributed by atoms with Crippen LogP contribution in [0.4, 0.5) is 8.78 Å². The van der Waals surface area contributed by atoms with E-state index in [4.69, 9.17) is 5.73 Å². The highest BCUT2D eigenvalue weighted by Gasteiger charge is 2.56. The van der Waals surface area contributed by atoms with Crippen LogP contribution in [0.1, 0.15) is 43.6 Å². The van der Waals surface area contributed by atoms with Crippen LogP contribution >= 0.6 is 0 Å². The van der Waals surface area contributed by atoms with Gasteiger partial charge in [-0.1, -0.05) is 13.8 Å². The van der Waals surface area contributed by atoms with E-state index in [-0.39, 0.29) is 12.8 Å². The van der Waals surface area contributed by atoms with E-state index >= 15 is 0 Å². The zero-order valence-corrected chi connectivity index (χ0v) is 11.6. The Morgan fingerprint density at radius 3 is 2.33 bits per heavy atom. The first-order chi connectivity index (χ1) is 8.15. The van der Waals surface area contributed by atoms with Gasteiger partial charge < -0.3 is 10.3 Å². The summed E-state index contributed by atoms with van der Waals surface area (Å²) < 4.78 is 28.3. The molecule has 1 aromatic heterocycles. The number of hydrogen-bond donors (Lipinski definition) is 1. The molecule has 4 heteroatoms. The zero-order valence-electron chi connectivity index (χ0n) is 11.6. The normalized spacial score (nSPS) is 21.1. The van der Waals surface area contributed by atoms with Gasteiger partial charge >= 0.3 is 0 Å². The highest BCUT2D eigenvalue weighted by atomic mass is 19.3. The van der Waals surface area contributed by atoms with Crippen molar-refractivity contribution in [2.24, 2.45) is 11.7 Å². The van der Waals surface area contributed by atoms with E-state index in [1.165, 1.54) is 0 Å². The van der Waals surface area contributed by atoms with Crippen molar-refractivity contribution < 1.29 is 8.78 Å². The number of alkyl halides is 2. The smallest absolute Gasteiger partial charge is 0.252 e. The Morgan fingerprint density at radius 2 is 1.89 bits per heavy atom. The Hall–Kier alpha value is -0.900. The predicted octanol–water partition coefficient (Wildman–Crippen LogP) is 3.34. The molecule has 1 aliphatic rings. The summed E-state index contributed by atoms with van der Waals surface area (Å²) in [7, 11) is 0. The summed E-state index contributed by atoms with van der Waals surface area (Å²) >= 11 is 0. The van der Waals surface area contributed by atoms with E-state index in [2.05, 4.69) is 18.4 Å². The molecule has 0 unspecified atom stereocenters. The fraction of sp³-hybridized carbons (Fsp3) is 0.714. The third-order valence-electron chi connectivity index (χ3n) is 3.81. The van der Waals surface area contributed by atoms with Crippen LogP contribution in [-0.2, 0) is 12.1 Å². The van der Waals surface area contributed by atoms with Crippen LogP contribution in [0.25, 0.3) is 0 Å².